The van der Waals surface area contributed by atoms with Crippen LogP contribution in [0.5, 0.6) is 0 Å². The van der Waals surface area contributed by atoms with Gasteiger partial charge < -0.3 is 0 Å². The summed E-state index contributed by atoms with van der Waals surface area (Å²) in [6.07, 6.45) is 7.94. The Balaban J connectivity index is 1.98. The van der Waals surface area contributed by atoms with Gasteiger partial charge in [-0.05, 0) is 12.8 Å². The minimum absolute atomic E-state index is 0.154. The van der Waals surface area contributed by atoms with Crippen molar-refractivity contribution in [2.24, 2.45) is 11.8 Å². The molecule has 0 aromatic carbocycles. The average molecular weight is 218 g/mol. The highest BCUT2D eigenvalue weighted by molar-refractivity contribution is 6.16. The number of carbonyl (C=O) groups is 2. The van der Waals surface area contributed by atoms with E-state index in [0.29, 0.717) is 12.8 Å². The van der Waals surface area contributed by atoms with Crippen molar-refractivity contribution in [1.29, 1.82) is 0 Å². The maximum Gasteiger partial charge on any atom is 0.252 e. The first-order valence-electron chi connectivity index (χ1n) is 5.17. The van der Waals surface area contributed by atoms with Crippen molar-refractivity contribution in [1.82, 2.24) is 14.9 Å². The lowest BCUT2D eigenvalue weighted by Crippen LogP contribution is -2.40. The third kappa shape index (κ3) is 1.13. The standard InChI is InChI=1S/C10H10N4O2/c15-9-7-3-1-2-4-8(7)10(16)14(9)13-5-11-12-6-13/h1-2,5-8H,3-4H2/t7-,8+. The SMILES string of the molecule is O=C1[C@H]2CC=CC[C@H]2C(=O)N1n1cnnc1. The first kappa shape index (κ1) is 9.26. The molecule has 0 N–H and O–H groups in total. The molecule has 1 aliphatic heterocycles. The first-order chi connectivity index (χ1) is 7.79. The maximum atomic E-state index is 12.0. The van der Waals surface area contributed by atoms with Crippen LogP contribution in [0.15, 0.2) is 24.8 Å². The molecule has 2 aliphatic rings. The fraction of sp³-hybridized carbons (Fsp3) is 0.400. The van der Waals surface area contributed by atoms with Gasteiger partial charge in [0.2, 0.25) is 0 Å². The molecule has 0 spiro atoms. The number of allylic oxidation sites excluding steroid dienone is 2. The van der Waals surface area contributed by atoms with Crippen LogP contribution in [0, 0.1) is 11.8 Å². The average Bonchev–Trinajstić information content (AvgIpc) is 2.89. The van der Waals surface area contributed by atoms with Gasteiger partial charge in [-0.3, -0.25) is 9.59 Å². The van der Waals surface area contributed by atoms with Crippen molar-refractivity contribution in [2.75, 3.05) is 5.01 Å². The molecule has 1 fully saturated rings. The van der Waals surface area contributed by atoms with Crippen LogP contribution in [-0.4, -0.2) is 26.7 Å². The summed E-state index contributed by atoms with van der Waals surface area (Å²) >= 11 is 0. The minimum atomic E-state index is -0.208. The van der Waals surface area contributed by atoms with Crippen molar-refractivity contribution in [2.45, 2.75) is 12.8 Å². The smallest absolute Gasteiger partial charge is 0.252 e. The first-order valence-corrected chi connectivity index (χ1v) is 5.17. The van der Waals surface area contributed by atoms with Gasteiger partial charge in [-0.1, -0.05) is 12.2 Å². The lowest BCUT2D eigenvalue weighted by atomic mass is 9.85. The Labute approximate surface area is 91.5 Å². The largest absolute Gasteiger partial charge is 0.272 e. The molecule has 2 atom stereocenters. The summed E-state index contributed by atoms with van der Waals surface area (Å²) in [5.74, 6) is -0.724. The van der Waals surface area contributed by atoms with Crippen LogP contribution in [0.25, 0.3) is 0 Å². The number of imide groups is 1. The van der Waals surface area contributed by atoms with Crippen LogP contribution in [0.1, 0.15) is 12.8 Å². The van der Waals surface area contributed by atoms with Gasteiger partial charge in [0.25, 0.3) is 11.8 Å². The van der Waals surface area contributed by atoms with Gasteiger partial charge >= 0.3 is 0 Å². The van der Waals surface area contributed by atoms with E-state index in [1.54, 1.807) is 0 Å². The fourth-order valence-electron chi connectivity index (χ4n) is 2.31. The third-order valence-electron chi connectivity index (χ3n) is 3.12. The normalized spacial score (nSPS) is 28.6. The quantitative estimate of drug-likeness (QED) is 0.486. The van der Waals surface area contributed by atoms with E-state index in [2.05, 4.69) is 10.2 Å². The molecule has 2 heterocycles. The Hall–Kier alpha value is -1.98. The Bertz CT molecular complexity index is 439. The van der Waals surface area contributed by atoms with Crippen LogP contribution in [0.2, 0.25) is 0 Å². The third-order valence-corrected chi connectivity index (χ3v) is 3.12. The van der Waals surface area contributed by atoms with E-state index in [9.17, 15) is 9.59 Å². The predicted octanol–water partition coefficient (Wildman–Crippen LogP) is -0.135. The van der Waals surface area contributed by atoms with Crippen LogP contribution in [-0.2, 0) is 9.59 Å². The lowest BCUT2D eigenvalue weighted by Gasteiger charge is -2.14. The van der Waals surface area contributed by atoms with Crippen molar-refractivity contribution in [3.63, 3.8) is 0 Å². The summed E-state index contributed by atoms with van der Waals surface area (Å²) in [6, 6.07) is 0. The topological polar surface area (TPSA) is 68.1 Å². The van der Waals surface area contributed by atoms with E-state index in [1.807, 2.05) is 12.2 Å². The van der Waals surface area contributed by atoms with E-state index in [1.165, 1.54) is 17.3 Å². The zero-order chi connectivity index (χ0) is 11.1. The molecule has 1 aliphatic carbocycles. The number of aromatic nitrogens is 3. The summed E-state index contributed by atoms with van der Waals surface area (Å²) in [6.45, 7) is 0. The minimum Gasteiger partial charge on any atom is -0.272 e. The van der Waals surface area contributed by atoms with Crippen LogP contribution < -0.4 is 5.01 Å². The summed E-state index contributed by atoms with van der Waals surface area (Å²) in [7, 11) is 0. The zero-order valence-electron chi connectivity index (χ0n) is 8.48. The molecule has 0 saturated carbocycles. The number of amides is 2. The molecule has 2 amide bonds. The number of hydrogen-bond donors (Lipinski definition) is 0. The molecule has 6 heteroatoms. The number of carbonyl (C=O) groups excluding carboxylic acids is 2. The van der Waals surface area contributed by atoms with Gasteiger partial charge in [0.1, 0.15) is 12.7 Å². The van der Waals surface area contributed by atoms with Gasteiger partial charge in [-0.2, -0.15) is 5.01 Å². The molecular weight excluding hydrogens is 208 g/mol. The highest BCUT2D eigenvalue weighted by Crippen LogP contribution is 2.33. The lowest BCUT2D eigenvalue weighted by molar-refractivity contribution is -0.124. The number of rotatable bonds is 1. The summed E-state index contributed by atoms with van der Waals surface area (Å²) in [5, 5.41) is 8.35. The monoisotopic (exact) mass is 218 g/mol. The second-order valence-corrected chi connectivity index (χ2v) is 3.99. The van der Waals surface area contributed by atoms with Gasteiger partial charge in [-0.15, -0.1) is 10.2 Å². The summed E-state index contributed by atoms with van der Waals surface area (Å²) in [5.41, 5.74) is 0. The maximum absolute atomic E-state index is 12.0. The number of fused-ring (bicyclic) bond motifs is 1. The highest BCUT2D eigenvalue weighted by atomic mass is 16.2. The Morgan fingerprint density at radius 1 is 1.00 bits per heavy atom. The van der Waals surface area contributed by atoms with E-state index in [4.69, 9.17) is 0 Å². The van der Waals surface area contributed by atoms with E-state index in [0.717, 1.165) is 5.01 Å². The van der Waals surface area contributed by atoms with Crippen molar-refractivity contribution >= 4 is 11.8 Å². The summed E-state index contributed by atoms with van der Waals surface area (Å²) < 4.78 is 1.35. The second kappa shape index (κ2) is 3.26. The predicted molar refractivity (Wildman–Crippen MR) is 53.6 cm³/mol. The van der Waals surface area contributed by atoms with Crippen LogP contribution >= 0.6 is 0 Å². The molecule has 82 valence electrons. The molecule has 16 heavy (non-hydrogen) atoms. The fourth-order valence-corrected chi connectivity index (χ4v) is 2.31. The molecule has 0 unspecified atom stereocenters. The highest BCUT2D eigenvalue weighted by Gasteiger charge is 2.48. The van der Waals surface area contributed by atoms with Crippen LogP contribution in [0.4, 0.5) is 0 Å². The zero-order valence-corrected chi connectivity index (χ0v) is 8.48. The van der Waals surface area contributed by atoms with Crippen molar-refractivity contribution in [3.05, 3.63) is 24.8 Å². The van der Waals surface area contributed by atoms with E-state index in [-0.39, 0.29) is 23.7 Å². The molecule has 0 bridgehead atoms. The molecule has 1 aromatic heterocycles. The van der Waals surface area contributed by atoms with Gasteiger partial charge in [0.15, 0.2) is 0 Å². The van der Waals surface area contributed by atoms with Gasteiger partial charge in [-0.25, -0.2) is 4.68 Å². The van der Waals surface area contributed by atoms with E-state index >= 15 is 0 Å². The van der Waals surface area contributed by atoms with Crippen molar-refractivity contribution in [3.8, 4) is 0 Å². The number of hydrogen-bond acceptors (Lipinski definition) is 4. The number of nitrogens with zero attached hydrogens (tertiary/aromatic N) is 4. The van der Waals surface area contributed by atoms with E-state index < -0.39 is 0 Å². The molecule has 6 nitrogen and oxygen atoms in total. The van der Waals surface area contributed by atoms with Gasteiger partial charge in [0.05, 0.1) is 11.8 Å². The molecule has 1 saturated heterocycles. The van der Waals surface area contributed by atoms with Crippen LogP contribution in [0.3, 0.4) is 0 Å². The second-order valence-electron chi connectivity index (χ2n) is 3.99. The Kier molecular flexibility index (Phi) is 1.89. The van der Waals surface area contributed by atoms with Crippen molar-refractivity contribution < 1.29 is 9.59 Å². The Morgan fingerprint density at radius 2 is 1.50 bits per heavy atom. The van der Waals surface area contributed by atoms with Gasteiger partial charge in [0, 0.05) is 0 Å². The molecule has 1 aromatic rings. The Morgan fingerprint density at radius 3 is 2.00 bits per heavy atom. The molecule has 0 radical (unpaired) electrons. The molecule has 3 rings (SSSR count). The summed E-state index contributed by atoms with van der Waals surface area (Å²) in [4.78, 5) is 24.1. The molecular formula is C10H10N4O2.